The SMILES string of the molecule is COc1ccc(-c2cc(C(=O)O)cc(=O)[nH]2)cc1. The van der Waals surface area contributed by atoms with Crippen LogP contribution in [0.5, 0.6) is 5.75 Å². The Morgan fingerprint density at radius 2 is 1.89 bits per heavy atom. The molecule has 0 radical (unpaired) electrons. The van der Waals surface area contributed by atoms with Gasteiger partial charge < -0.3 is 14.8 Å². The number of hydrogen-bond acceptors (Lipinski definition) is 3. The second-order valence-electron chi connectivity index (χ2n) is 3.68. The molecular weight excluding hydrogens is 234 g/mol. The van der Waals surface area contributed by atoms with Crippen molar-refractivity contribution in [3.05, 3.63) is 52.3 Å². The van der Waals surface area contributed by atoms with E-state index in [0.717, 1.165) is 11.6 Å². The summed E-state index contributed by atoms with van der Waals surface area (Å²) in [6, 6.07) is 9.44. The van der Waals surface area contributed by atoms with E-state index < -0.39 is 11.5 Å². The van der Waals surface area contributed by atoms with Crippen LogP contribution < -0.4 is 10.3 Å². The zero-order chi connectivity index (χ0) is 13.1. The van der Waals surface area contributed by atoms with Crippen molar-refractivity contribution < 1.29 is 14.6 Å². The van der Waals surface area contributed by atoms with Gasteiger partial charge in [0.2, 0.25) is 5.56 Å². The van der Waals surface area contributed by atoms with Crippen LogP contribution >= 0.6 is 0 Å². The summed E-state index contributed by atoms with van der Waals surface area (Å²) in [7, 11) is 1.56. The molecule has 0 saturated heterocycles. The van der Waals surface area contributed by atoms with E-state index in [-0.39, 0.29) is 5.56 Å². The number of carbonyl (C=O) groups is 1. The van der Waals surface area contributed by atoms with Gasteiger partial charge in [-0.1, -0.05) is 0 Å². The number of aromatic nitrogens is 1. The number of aromatic carboxylic acids is 1. The number of rotatable bonds is 3. The predicted molar refractivity (Wildman–Crippen MR) is 66.0 cm³/mol. The monoisotopic (exact) mass is 245 g/mol. The lowest BCUT2D eigenvalue weighted by molar-refractivity contribution is 0.0696. The standard InChI is InChI=1S/C13H11NO4/c1-18-10-4-2-8(3-5-10)11-6-9(13(16)17)7-12(15)14-11/h2-7H,1H3,(H,14,15)(H,16,17). The molecule has 92 valence electrons. The molecule has 0 bridgehead atoms. The molecule has 1 heterocycles. The first kappa shape index (κ1) is 11.9. The van der Waals surface area contributed by atoms with E-state index in [2.05, 4.69) is 4.98 Å². The highest BCUT2D eigenvalue weighted by Gasteiger charge is 2.07. The van der Waals surface area contributed by atoms with E-state index in [9.17, 15) is 9.59 Å². The molecule has 2 N–H and O–H groups in total. The van der Waals surface area contributed by atoms with Gasteiger partial charge in [0.25, 0.3) is 0 Å². The third-order valence-electron chi connectivity index (χ3n) is 2.49. The Bertz CT molecular complexity index is 628. The number of pyridine rings is 1. The van der Waals surface area contributed by atoms with Gasteiger partial charge in [0.15, 0.2) is 0 Å². The number of ether oxygens (including phenoxy) is 1. The third kappa shape index (κ3) is 2.40. The lowest BCUT2D eigenvalue weighted by Gasteiger charge is -2.04. The molecule has 18 heavy (non-hydrogen) atoms. The fourth-order valence-corrected chi connectivity index (χ4v) is 1.59. The van der Waals surface area contributed by atoms with Gasteiger partial charge in [-0.15, -0.1) is 0 Å². The van der Waals surface area contributed by atoms with E-state index in [0.29, 0.717) is 11.4 Å². The number of H-pyrrole nitrogens is 1. The molecule has 1 aromatic heterocycles. The van der Waals surface area contributed by atoms with E-state index in [1.54, 1.807) is 31.4 Å². The number of benzene rings is 1. The minimum atomic E-state index is -1.13. The van der Waals surface area contributed by atoms with Crippen molar-refractivity contribution in [1.82, 2.24) is 4.98 Å². The summed E-state index contributed by atoms with van der Waals surface area (Å²) in [6.45, 7) is 0. The smallest absolute Gasteiger partial charge is 0.335 e. The summed E-state index contributed by atoms with van der Waals surface area (Å²) in [4.78, 5) is 24.8. The molecule has 0 saturated carbocycles. The molecule has 2 rings (SSSR count). The molecule has 0 spiro atoms. The average Bonchev–Trinajstić information content (AvgIpc) is 2.38. The number of carboxylic acids is 1. The van der Waals surface area contributed by atoms with Crippen LogP contribution in [0.1, 0.15) is 10.4 Å². The predicted octanol–water partition coefficient (Wildman–Crippen LogP) is 1.75. The van der Waals surface area contributed by atoms with Crippen molar-refractivity contribution in [2.75, 3.05) is 7.11 Å². The van der Waals surface area contributed by atoms with Gasteiger partial charge in [0.05, 0.1) is 12.7 Å². The van der Waals surface area contributed by atoms with E-state index >= 15 is 0 Å². The minimum Gasteiger partial charge on any atom is -0.497 e. The second-order valence-corrected chi connectivity index (χ2v) is 3.68. The van der Waals surface area contributed by atoms with Gasteiger partial charge in [-0.2, -0.15) is 0 Å². The Kier molecular flexibility index (Phi) is 3.14. The zero-order valence-electron chi connectivity index (χ0n) is 9.64. The lowest BCUT2D eigenvalue weighted by atomic mass is 10.1. The van der Waals surface area contributed by atoms with Gasteiger partial charge >= 0.3 is 5.97 Å². The topological polar surface area (TPSA) is 79.4 Å². The molecule has 2 aromatic rings. The molecule has 0 aliphatic carbocycles. The maximum Gasteiger partial charge on any atom is 0.335 e. The van der Waals surface area contributed by atoms with Crippen LogP contribution in [0.4, 0.5) is 0 Å². The number of carboxylic acid groups (broad SMARTS) is 1. The molecule has 0 amide bonds. The Balaban J connectivity index is 2.49. The number of methoxy groups -OCH3 is 1. The fourth-order valence-electron chi connectivity index (χ4n) is 1.59. The third-order valence-corrected chi connectivity index (χ3v) is 2.49. The average molecular weight is 245 g/mol. The van der Waals surface area contributed by atoms with Crippen LogP contribution in [-0.4, -0.2) is 23.2 Å². The molecule has 0 fully saturated rings. The first-order valence-electron chi connectivity index (χ1n) is 5.22. The Labute approximate surface area is 103 Å². The number of hydrogen-bond donors (Lipinski definition) is 2. The van der Waals surface area contributed by atoms with Crippen molar-refractivity contribution in [2.45, 2.75) is 0 Å². The summed E-state index contributed by atoms with van der Waals surface area (Å²) in [6.07, 6.45) is 0. The quantitative estimate of drug-likeness (QED) is 0.863. The first-order valence-corrected chi connectivity index (χ1v) is 5.22. The van der Waals surface area contributed by atoms with Crippen molar-refractivity contribution in [3.8, 4) is 17.0 Å². The molecule has 0 aliphatic heterocycles. The highest BCUT2D eigenvalue weighted by atomic mass is 16.5. The van der Waals surface area contributed by atoms with Crippen LogP contribution in [0.25, 0.3) is 11.3 Å². The highest BCUT2D eigenvalue weighted by Crippen LogP contribution is 2.20. The Morgan fingerprint density at radius 1 is 1.22 bits per heavy atom. The van der Waals surface area contributed by atoms with E-state index in [4.69, 9.17) is 9.84 Å². The van der Waals surface area contributed by atoms with Crippen LogP contribution in [0.3, 0.4) is 0 Å². The number of nitrogens with one attached hydrogen (secondary N) is 1. The van der Waals surface area contributed by atoms with E-state index in [1.807, 2.05) is 0 Å². The summed E-state index contributed by atoms with van der Waals surface area (Å²) in [5.41, 5.74) is 0.698. The van der Waals surface area contributed by atoms with Gasteiger partial charge in [-0.05, 0) is 35.9 Å². The van der Waals surface area contributed by atoms with Crippen LogP contribution in [-0.2, 0) is 0 Å². The molecule has 0 unspecified atom stereocenters. The van der Waals surface area contributed by atoms with Crippen molar-refractivity contribution in [3.63, 3.8) is 0 Å². The van der Waals surface area contributed by atoms with Gasteiger partial charge in [0.1, 0.15) is 5.75 Å². The van der Waals surface area contributed by atoms with Crippen LogP contribution in [0.15, 0.2) is 41.2 Å². The Hall–Kier alpha value is -2.56. The zero-order valence-corrected chi connectivity index (χ0v) is 9.64. The van der Waals surface area contributed by atoms with E-state index in [1.165, 1.54) is 6.07 Å². The van der Waals surface area contributed by atoms with Gasteiger partial charge in [-0.3, -0.25) is 4.79 Å². The van der Waals surface area contributed by atoms with Crippen molar-refractivity contribution >= 4 is 5.97 Å². The molecule has 5 heteroatoms. The van der Waals surface area contributed by atoms with Crippen LogP contribution in [0.2, 0.25) is 0 Å². The second kappa shape index (κ2) is 4.75. The van der Waals surface area contributed by atoms with Crippen molar-refractivity contribution in [2.24, 2.45) is 0 Å². The van der Waals surface area contributed by atoms with Gasteiger partial charge in [0, 0.05) is 11.8 Å². The minimum absolute atomic E-state index is 0.0374. The maximum atomic E-state index is 11.4. The summed E-state index contributed by atoms with van der Waals surface area (Å²) in [5.74, 6) is -0.439. The molecule has 5 nitrogen and oxygen atoms in total. The Morgan fingerprint density at radius 3 is 2.44 bits per heavy atom. The maximum absolute atomic E-state index is 11.4. The number of aromatic amines is 1. The fraction of sp³-hybridized carbons (Fsp3) is 0.0769. The molecule has 0 aliphatic rings. The summed E-state index contributed by atoms with van der Waals surface area (Å²) in [5, 5.41) is 8.89. The molecule has 1 aromatic carbocycles. The van der Waals surface area contributed by atoms with Crippen LogP contribution in [0, 0.1) is 0 Å². The van der Waals surface area contributed by atoms with Gasteiger partial charge in [-0.25, -0.2) is 4.79 Å². The summed E-state index contributed by atoms with van der Waals surface area (Å²) >= 11 is 0. The normalized spacial score (nSPS) is 10.1. The molecule has 0 atom stereocenters. The summed E-state index contributed by atoms with van der Waals surface area (Å²) < 4.78 is 5.02. The highest BCUT2D eigenvalue weighted by molar-refractivity contribution is 5.88. The van der Waals surface area contributed by atoms with Crippen molar-refractivity contribution in [1.29, 1.82) is 0 Å². The molecular formula is C13H11NO4. The largest absolute Gasteiger partial charge is 0.497 e. The lowest BCUT2D eigenvalue weighted by Crippen LogP contribution is -2.10. The first-order chi connectivity index (χ1) is 8.60.